The van der Waals surface area contributed by atoms with Crippen LogP contribution >= 0.6 is 0 Å². The van der Waals surface area contributed by atoms with Gasteiger partial charge in [0.05, 0.1) is 11.0 Å². The Hall–Kier alpha value is -2.64. The number of hydrogen-bond donors (Lipinski definition) is 1. The Morgan fingerprint density at radius 1 is 1.22 bits per heavy atom. The maximum Gasteiger partial charge on any atom is 0.410 e. The molecule has 0 bridgehead atoms. The highest BCUT2D eigenvalue weighted by Gasteiger charge is 2.30. The molecule has 1 N–H and O–H groups in total. The molecule has 0 spiro atoms. The zero-order valence-corrected chi connectivity index (χ0v) is 16.2. The van der Waals surface area contributed by atoms with Gasteiger partial charge in [0, 0.05) is 31.1 Å². The predicted molar refractivity (Wildman–Crippen MR) is 100 cm³/mol. The largest absolute Gasteiger partial charge is 0.444 e. The first-order valence-electron chi connectivity index (χ1n) is 9.09. The molecule has 1 unspecified atom stereocenters. The van der Waals surface area contributed by atoms with Crippen LogP contribution in [0.2, 0.25) is 0 Å². The maximum absolute atomic E-state index is 12.5. The van der Waals surface area contributed by atoms with E-state index >= 15 is 0 Å². The number of carbonyl (C=O) groups excluding carboxylic acids is 2. The van der Waals surface area contributed by atoms with Crippen LogP contribution in [0.4, 0.5) is 10.5 Å². The second-order valence-corrected chi connectivity index (χ2v) is 7.82. The fourth-order valence-corrected chi connectivity index (χ4v) is 2.95. The van der Waals surface area contributed by atoms with E-state index in [0.29, 0.717) is 25.9 Å². The third kappa shape index (κ3) is 5.94. The lowest BCUT2D eigenvalue weighted by molar-refractivity contribution is -0.384. The number of non-ortho nitro benzene ring substituents is 1. The molecule has 1 aliphatic heterocycles. The van der Waals surface area contributed by atoms with E-state index in [4.69, 9.17) is 4.74 Å². The van der Waals surface area contributed by atoms with Gasteiger partial charge in [-0.2, -0.15) is 0 Å². The van der Waals surface area contributed by atoms with Gasteiger partial charge in [-0.05, 0) is 46.1 Å². The van der Waals surface area contributed by atoms with Crippen LogP contribution in [0.15, 0.2) is 24.3 Å². The number of nitro groups is 1. The molecule has 1 aliphatic rings. The van der Waals surface area contributed by atoms with E-state index in [2.05, 4.69) is 5.32 Å². The monoisotopic (exact) mass is 377 g/mol. The smallest absolute Gasteiger partial charge is 0.410 e. The summed E-state index contributed by atoms with van der Waals surface area (Å²) in [5.41, 5.74) is 0.290. The number of nitrogens with zero attached hydrogens (tertiary/aromatic N) is 2. The molecule has 1 aromatic rings. The average Bonchev–Trinajstić information content (AvgIpc) is 2.60. The van der Waals surface area contributed by atoms with Gasteiger partial charge < -0.3 is 15.0 Å². The molecule has 148 valence electrons. The molecule has 1 atom stereocenters. The zero-order valence-electron chi connectivity index (χ0n) is 16.2. The second-order valence-electron chi connectivity index (χ2n) is 7.82. The number of benzene rings is 1. The molecule has 27 heavy (non-hydrogen) atoms. The summed E-state index contributed by atoms with van der Waals surface area (Å²) in [6.07, 6.45) is 0.816. The van der Waals surface area contributed by atoms with Crippen molar-refractivity contribution in [2.75, 3.05) is 13.1 Å². The quantitative estimate of drug-likeness (QED) is 0.640. The van der Waals surface area contributed by atoms with Crippen molar-refractivity contribution in [2.24, 2.45) is 5.92 Å². The number of piperidine rings is 1. The van der Waals surface area contributed by atoms with Crippen molar-refractivity contribution in [3.63, 3.8) is 0 Å². The molecule has 0 aliphatic carbocycles. The fraction of sp³-hybridized carbons (Fsp3) is 0.579. The number of ether oxygens (including phenoxy) is 1. The summed E-state index contributed by atoms with van der Waals surface area (Å²) < 4.78 is 5.36. The first-order chi connectivity index (χ1) is 12.6. The first-order valence-corrected chi connectivity index (χ1v) is 9.09. The van der Waals surface area contributed by atoms with Gasteiger partial charge in [0.1, 0.15) is 5.60 Å². The normalized spacial score (nSPS) is 16.5. The molecule has 2 amide bonds. The van der Waals surface area contributed by atoms with Gasteiger partial charge in [-0.3, -0.25) is 14.9 Å². The summed E-state index contributed by atoms with van der Waals surface area (Å²) in [5, 5.41) is 13.7. The lowest BCUT2D eigenvalue weighted by atomic mass is 9.95. The molecular weight excluding hydrogens is 350 g/mol. The van der Waals surface area contributed by atoms with E-state index in [9.17, 15) is 19.7 Å². The number of nitro benzene ring substituents is 1. The predicted octanol–water partition coefficient (Wildman–Crippen LogP) is 3.42. The van der Waals surface area contributed by atoms with Gasteiger partial charge in [-0.15, -0.1) is 0 Å². The van der Waals surface area contributed by atoms with Crippen LogP contribution in [0.3, 0.4) is 0 Å². The molecule has 1 heterocycles. The van der Waals surface area contributed by atoms with Gasteiger partial charge in [0.15, 0.2) is 0 Å². The molecule has 0 aromatic heterocycles. The Labute approximate surface area is 159 Å². The molecule has 1 fully saturated rings. The van der Waals surface area contributed by atoms with Crippen molar-refractivity contribution in [3.05, 3.63) is 39.9 Å². The number of carbonyl (C=O) groups is 2. The SMILES string of the molecule is CC(NC(=O)C1CCN(C(=O)OC(C)(C)C)CC1)c1ccc([N+](=O)[O-])cc1. The van der Waals surface area contributed by atoms with Gasteiger partial charge >= 0.3 is 6.09 Å². The summed E-state index contributed by atoms with van der Waals surface area (Å²) in [5.74, 6) is -0.228. The van der Waals surface area contributed by atoms with Crippen LogP contribution < -0.4 is 5.32 Å². The Kier molecular flexibility index (Phi) is 6.41. The van der Waals surface area contributed by atoms with Crippen molar-refractivity contribution in [1.82, 2.24) is 10.2 Å². The molecule has 0 saturated carbocycles. The lowest BCUT2D eigenvalue weighted by Crippen LogP contribution is -2.45. The van der Waals surface area contributed by atoms with Crippen molar-refractivity contribution >= 4 is 17.7 Å². The summed E-state index contributed by atoms with van der Waals surface area (Å²) in [4.78, 5) is 36.5. The third-order valence-corrected chi connectivity index (χ3v) is 4.48. The van der Waals surface area contributed by atoms with Crippen LogP contribution in [0, 0.1) is 16.0 Å². The van der Waals surface area contributed by atoms with E-state index in [1.807, 2.05) is 27.7 Å². The van der Waals surface area contributed by atoms with E-state index in [0.717, 1.165) is 5.56 Å². The number of nitrogens with one attached hydrogen (secondary N) is 1. The minimum absolute atomic E-state index is 0.0202. The van der Waals surface area contributed by atoms with Crippen LogP contribution in [0.1, 0.15) is 52.1 Å². The zero-order chi connectivity index (χ0) is 20.2. The van der Waals surface area contributed by atoms with Crippen molar-refractivity contribution in [3.8, 4) is 0 Å². The van der Waals surface area contributed by atoms with Crippen molar-refractivity contribution in [1.29, 1.82) is 0 Å². The molecule has 8 heteroatoms. The van der Waals surface area contributed by atoms with Gasteiger partial charge in [-0.1, -0.05) is 12.1 Å². The van der Waals surface area contributed by atoms with Gasteiger partial charge in [0.2, 0.25) is 5.91 Å². The second kappa shape index (κ2) is 8.37. The Morgan fingerprint density at radius 2 is 1.78 bits per heavy atom. The number of hydrogen-bond acceptors (Lipinski definition) is 5. The third-order valence-electron chi connectivity index (χ3n) is 4.48. The minimum Gasteiger partial charge on any atom is -0.444 e. The van der Waals surface area contributed by atoms with Gasteiger partial charge in [-0.25, -0.2) is 4.79 Å². The average molecular weight is 377 g/mol. The van der Waals surface area contributed by atoms with Crippen LogP contribution in [0.25, 0.3) is 0 Å². The number of likely N-dealkylation sites (tertiary alicyclic amines) is 1. The van der Waals surface area contributed by atoms with Crippen molar-refractivity contribution < 1.29 is 19.2 Å². The highest BCUT2D eigenvalue weighted by atomic mass is 16.6. The maximum atomic E-state index is 12.5. The van der Waals surface area contributed by atoms with Crippen LogP contribution in [-0.2, 0) is 9.53 Å². The summed E-state index contributed by atoms with van der Waals surface area (Å²) in [6, 6.07) is 5.90. The lowest BCUT2D eigenvalue weighted by Gasteiger charge is -2.33. The molecule has 8 nitrogen and oxygen atoms in total. The van der Waals surface area contributed by atoms with E-state index < -0.39 is 10.5 Å². The first kappa shape index (κ1) is 20.7. The van der Waals surface area contributed by atoms with Crippen LogP contribution in [-0.4, -0.2) is 40.5 Å². The van der Waals surface area contributed by atoms with E-state index in [-0.39, 0.29) is 29.6 Å². The van der Waals surface area contributed by atoms with Crippen molar-refractivity contribution in [2.45, 2.75) is 52.2 Å². The highest BCUT2D eigenvalue weighted by Crippen LogP contribution is 2.22. The molecular formula is C19H27N3O5. The molecule has 0 radical (unpaired) electrons. The van der Waals surface area contributed by atoms with Gasteiger partial charge in [0.25, 0.3) is 5.69 Å². The van der Waals surface area contributed by atoms with E-state index in [1.165, 1.54) is 12.1 Å². The highest BCUT2D eigenvalue weighted by molar-refractivity contribution is 5.79. The van der Waals surface area contributed by atoms with E-state index in [1.54, 1.807) is 17.0 Å². The Balaban J connectivity index is 1.85. The fourth-order valence-electron chi connectivity index (χ4n) is 2.95. The molecule has 2 rings (SSSR count). The summed E-state index contributed by atoms with van der Waals surface area (Å²) in [6.45, 7) is 8.28. The molecule has 1 saturated heterocycles. The standard InChI is InChI=1S/C19H27N3O5/c1-13(14-5-7-16(8-6-14)22(25)26)20-17(23)15-9-11-21(12-10-15)18(24)27-19(2,3)4/h5-8,13,15H,9-12H2,1-4H3,(H,20,23). The van der Waals surface area contributed by atoms with Crippen LogP contribution in [0.5, 0.6) is 0 Å². The summed E-state index contributed by atoms with van der Waals surface area (Å²) >= 11 is 0. The molecule has 1 aromatic carbocycles. The summed E-state index contributed by atoms with van der Waals surface area (Å²) in [7, 11) is 0. The topological polar surface area (TPSA) is 102 Å². The Morgan fingerprint density at radius 3 is 2.26 bits per heavy atom. The Bertz CT molecular complexity index is 688. The number of rotatable bonds is 4. The number of amides is 2. The minimum atomic E-state index is -0.536.